The Morgan fingerprint density at radius 3 is 2.74 bits per heavy atom. The van der Waals surface area contributed by atoms with E-state index in [1.165, 1.54) is 23.1 Å². The maximum absolute atomic E-state index is 12.1. The number of nitrogens with one attached hydrogen (secondary N) is 1. The Morgan fingerprint density at radius 2 is 1.91 bits per heavy atom. The van der Waals surface area contributed by atoms with Crippen molar-refractivity contribution in [2.75, 3.05) is 5.75 Å². The number of ether oxygens (including phenoxy) is 1. The van der Waals surface area contributed by atoms with Crippen LogP contribution in [0.4, 0.5) is 0 Å². The summed E-state index contributed by atoms with van der Waals surface area (Å²) in [6.07, 6.45) is 1.56. The van der Waals surface area contributed by atoms with Gasteiger partial charge in [-0.2, -0.15) is 5.10 Å². The van der Waals surface area contributed by atoms with Gasteiger partial charge in [-0.3, -0.25) is 4.79 Å². The molecule has 0 aliphatic carbocycles. The predicted octanol–water partition coefficient (Wildman–Crippen LogP) is 6.33. The highest BCUT2D eigenvalue weighted by Gasteiger charge is 2.09. The van der Waals surface area contributed by atoms with Crippen LogP contribution in [0.3, 0.4) is 0 Å². The summed E-state index contributed by atoms with van der Waals surface area (Å²) < 4.78 is 6.54. The number of rotatable bonds is 9. The van der Waals surface area contributed by atoms with Gasteiger partial charge >= 0.3 is 0 Å². The van der Waals surface area contributed by atoms with Crippen molar-refractivity contribution in [2.45, 2.75) is 10.9 Å². The fourth-order valence-electron chi connectivity index (χ4n) is 2.79. The molecule has 0 saturated heterocycles. The number of benzene rings is 3. The molecule has 0 aliphatic heterocycles. The van der Waals surface area contributed by atoms with E-state index in [2.05, 4.69) is 20.7 Å². The smallest absolute Gasteiger partial charge is 0.250 e. The zero-order valence-electron chi connectivity index (χ0n) is 17.7. The van der Waals surface area contributed by atoms with Gasteiger partial charge in [0.05, 0.1) is 12.0 Å². The molecule has 4 aromatic rings. The number of carbonyl (C=O) groups is 1. The van der Waals surface area contributed by atoms with E-state index in [0.717, 1.165) is 26.0 Å². The van der Waals surface area contributed by atoms with E-state index < -0.39 is 0 Å². The molecule has 0 aliphatic rings. The lowest BCUT2D eigenvalue weighted by molar-refractivity contribution is -0.118. The van der Waals surface area contributed by atoms with Crippen LogP contribution < -0.4 is 10.2 Å². The number of hydrogen-bond donors (Lipinski definition) is 1. The standard InChI is InChI=1S/C24H18Cl2N4O2S2/c25-19-10-9-18(21(26)12-19)14-32-20-8-4-5-16(11-20)13-27-28-22(31)15-33-24-30-29-23(34-24)17-6-2-1-3-7-17/h1-13H,14-15H2,(H,28,31). The molecule has 0 spiro atoms. The molecule has 0 bridgehead atoms. The summed E-state index contributed by atoms with van der Waals surface area (Å²) >= 11 is 14.9. The second-order valence-corrected chi connectivity index (χ2v) is 9.96. The lowest BCUT2D eigenvalue weighted by Crippen LogP contribution is -2.19. The van der Waals surface area contributed by atoms with Crippen molar-refractivity contribution in [1.82, 2.24) is 15.6 Å². The highest BCUT2D eigenvalue weighted by Crippen LogP contribution is 2.29. The summed E-state index contributed by atoms with van der Waals surface area (Å²) in [5.74, 6) is 0.607. The van der Waals surface area contributed by atoms with Crippen LogP contribution in [-0.4, -0.2) is 28.1 Å². The normalized spacial score (nSPS) is 11.0. The number of carbonyl (C=O) groups excluding carboxylic acids is 1. The molecule has 0 fully saturated rings. The first kappa shape index (κ1) is 24.2. The summed E-state index contributed by atoms with van der Waals surface area (Å²) in [4.78, 5) is 12.1. The van der Waals surface area contributed by atoms with E-state index in [0.29, 0.717) is 22.4 Å². The third kappa shape index (κ3) is 7.04. The van der Waals surface area contributed by atoms with Gasteiger partial charge in [-0.05, 0) is 29.8 Å². The van der Waals surface area contributed by atoms with Gasteiger partial charge < -0.3 is 4.74 Å². The van der Waals surface area contributed by atoms with Crippen molar-refractivity contribution < 1.29 is 9.53 Å². The van der Waals surface area contributed by atoms with Crippen LogP contribution in [0.1, 0.15) is 11.1 Å². The Hall–Kier alpha value is -2.91. The van der Waals surface area contributed by atoms with E-state index in [1.54, 1.807) is 18.3 Å². The minimum absolute atomic E-state index is 0.186. The molecule has 1 N–H and O–H groups in total. The minimum atomic E-state index is -0.234. The molecule has 0 unspecified atom stereocenters. The van der Waals surface area contributed by atoms with Crippen LogP contribution >= 0.6 is 46.3 Å². The van der Waals surface area contributed by atoms with E-state index in [4.69, 9.17) is 27.9 Å². The van der Waals surface area contributed by atoms with Crippen LogP contribution in [0.25, 0.3) is 10.6 Å². The SMILES string of the molecule is O=C(CSc1nnc(-c2ccccc2)s1)NN=Cc1cccc(OCc2ccc(Cl)cc2Cl)c1. The van der Waals surface area contributed by atoms with Gasteiger partial charge in [-0.1, -0.05) is 94.8 Å². The van der Waals surface area contributed by atoms with Crippen LogP contribution in [0.2, 0.25) is 10.0 Å². The molecule has 4 rings (SSSR count). The number of thioether (sulfide) groups is 1. The Morgan fingerprint density at radius 1 is 1.06 bits per heavy atom. The maximum atomic E-state index is 12.1. The second kappa shape index (κ2) is 12.0. The number of nitrogens with zero attached hydrogens (tertiary/aromatic N) is 3. The Bertz CT molecular complexity index is 1300. The summed E-state index contributed by atoms with van der Waals surface area (Å²) in [5, 5.41) is 14.3. The fraction of sp³-hybridized carbons (Fsp3) is 0.0833. The van der Waals surface area contributed by atoms with E-state index in [1.807, 2.05) is 60.7 Å². The maximum Gasteiger partial charge on any atom is 0.250 e. The average molecular weight is 529 g/mol. The molecule has 1 heterocycles. The molecule has 1 amide bonds. The summed E-state index contributed by atoms with van der Waals surface area (Å²) in [6.45, 7) is 0.308. The van der Waals surface area contributed by atoms with Crippen LogP contribution in [0.15, 0.2) is 82.2 Å². The van der Waals surface area contributed by atoms with E-state index in [9.17, 15) is 4.79 Å². The van der Waals surface area contributed by atoms with Crippen LogP contribution in [-0.2, 0) is 11.4 Å². The van der Waals surface area contributed by atoms with Gasteiger partial charge in [-0.25, -0.2) is 5.43 Å². The zero-order valence-corrected chi connectivity index (χ0v) is 20.8. The van der Waals surface area contributed by atoms with Gasteiger partial charge in [0, 0.05) is 21.2 Å². The van der Waals surface area contributed by atoms with Gasteiger partial charge in [0.25, 0.3) is 5.91 Å². The van der Waals surface area contributed by atoms with E-state index in [-0.39, 0.29) is 11.7 Å². The van der Waals surface area contributed by atoms with Crippen LogP contribution in [0, 0.1) is 0 Å². The molecule has 6 nitrogen and oxygen atoms in total. The molecule has 0 saturated carbocycles. The molecule has 0 atom stereocenters. The zero-order chi connectivity index (χ0) is 23.8. The van der Waals surface area contributed by atoms with Gasteiger partial charge in [0.2, 0.25) is 0 Å². The topological polar surface area (TPSA) is 76.5 Å². The average Bonchev–Trinajstić information content (AvgIpc) is 3.32. The van der Waals surface area contributed by atoms with Gasteiger partial charge in [0.1, 0.15) is 17.4 Å². The van der Waals surface area contributed by atoms with Crippen molar-refractivity contribution in [2.24, 2.45) is 5.10 Å². The monoisotopic (exact) mass is 528 g/mol. The number of hydrazone groups is 1. The molecule has 0 radical (unpaired) electrons. The third-order valence-electron chi connectivity index (χ3n) is 4.42. The highest BCUT2D eigenvalue weighted by atomic mass is 35.5. The molecule has 172 valence electrons. The first-order chi connectivity index (χ1) is 16.6. The minimum Gasteiger partial charge on any atom is -0.489 e. The molecule has 3 aromatic carbocycles. The highest BCUT2D eigenvalue weighted by molar-refractivity contribution is 8.01. The summed E-state index contributed by atoms with van der Waals surface area (Å²) in [6, 6.07) is 22.4. The Balaban J connectivity index is 1.25. The molecular weight excluding hydrogens is 511 g/mol. The quantitative estimate of drug-likeness (QED) is 0.156. The number of amides is 1. The Labute approximate surface area is 215 Å². The largest absolute Gasteiger partial charge is 0.489 e. The second-order valence-electron chi connectivity index (χ2n) is 6.92. The number of halogens is 2. The first-order valence-electron chi connectivity index (χ1n) is 10.1. The lowest BCUT2D eigenvalue weighted by atomic mass is 10.2. The predicted molar refractivity (Wildman–Crippen MR) is 139 cm³/mol. The van der Waals surface area contributed by atoms with Crippen LogP contribution in [0.5, 0.6) is 5.75 Å². The lowest BCUT2D eigenvalue weighted by Gasteiger charge is -2.08. The molecule has 10 heteroatoms. The third-order valence-corrected chi connectivity index (χ3v) is 7.12. The fourth-order valence-corrected chi connectivity index (χ4v) is 4.90. The summed E-state index contributed by atoms with van der Waals surface area (Å²) in [7, 11) is 0. The van der Waals surface area contributed by atoms with Gasteiger partial charge in [-0.15, -0.1) is 10.2 Å². The Kier molecular flexibility index (Phi) is 8.54. The van der Waals surface area contributed by atoms with Crippen molar-refractivity contribution in [3.05, 3.63) is 94.0 Å². The van der Waals surface area contributed by atoms with Crippen molar-refractivity contribution in [3.63, 3.8) is 0 Å². The summed E-state index contributed by atoms with van der Waals surface area (Å²) in [5.41, 5.74) is 5.14. The first-order valence-corrected chi connectivity index (χ1v) is 12.6. The molecule has 1 aromatic heterocycles. The van der Waals surface area contributed by atoms with Gasteiger partial charge in [0.15, 0.2) is 4.34 Å². The number of hydrogen-bond acceptors (Lipinski definition) is 7. The van der Waals surface area contributed by atoms with Crippen molar-refractivity contribution in [3.8, 4) is 16.3 Å². The molecular formula is C24H18Cl2N4O2S2. The van der Waals surface area contributed by atoms with Crippen molar-refractivity contribution in [1.29, 1.82) is 0 Å². The number of aromatic nitrogens is 2. The molecule has 34 heavy (non-hydrogen) atoms. The van der Waals surface area contributed by atoms with E-state index >= 15 is 0 Å². The van der Waals surface area contributed by atoms with Crippen molar-refractivity contribution >= 4 is 58.4 Å².